The first-order chi connectivity index (χ1) is 11.9. The largest absolute Gasteiger partial charge is 0.482 e. The van der Waals surface area contributed by atoms with Crippen LogP contribution in [-0.2, 0) is 15.0 Å². The molecule has 0 aromatic heterocycles. The van der Waals surface area contributed by atoms with Gasteiger partial charge in [-0.2, -0.15) is 0 Å². The maximum Gasteiger partial charge on any atom is 0.341 e. The third-order valence-corrected chi connectivity index (χ3v) is 4.38. The molecule has 1 saturated carbocycles. The molecule has 1 aliphatic carbocycles. The van der Waals surface area contributed by atoms with Crippen molar-refractivity contribution in [2.24, 2.45) is 0 Å². The molecule has 2 N–H and O–H groups in total. The summed E-state index contributed by atoms with van der Waals surface area (Å²) in [6.07, 6.45) is 1.22. The highest BCUT2D eigenvalue weighted by atomic mass is 19.1. The van der Waals surface area contributed by atoms with Gasteiger partial charge in [-0.25, -0.2) is 9.18 Å². The monoisotopic (exact) mass is 343 g/mol. The van der Waals surface area contributed by atoms with E-state index in [-0.39, 0.29) is 11.7 Å². The minimum atomic E-state index is -1.06. The molecule has 130 valence electrons. The molecule has 0 heterocycles. The molecule has 1 aliphatic rings. The molecule has 2 aromatic rings. The van der Waals surface area contributed by atoms with E-state index in [9.17, 15) is 14.0 Å². The van der Waals surface area contributed by atoms with Gasteiger partial charge in [0, 0.05) is 11.3 Å². The number of aryl methyl sites for hydroxylation is 1. The number of ether oxygens (including phenoxy) is 1. The van der Waals surface area contributed by atoms with E-state index in [0.29, 0.717) is 29.8 Å². The molecule has 0 unspecified atom stereocenters. The van der Waals surface area contributed by atoms with Gasteiger partial charge in [0.25, 0.3) is 0 Å². The van der Waals surface area contributed by atoms with E-state index in [4.69, 9.17) is 9.84 Å². The lowest BCUT2D eigenvalue weighted by Gasteiger charge is -2.18. The minimum Gasteiger partial charge on any atom is -0.482 e. The number of hydrogen-bond acceptors (Lipinski definition) is 3. The predicted octanol–water partition coefficient (Wildman–Crippen LogP) is 3.27. The number of aliphatic carboxylic acids is 1. The Balaban J connectivity index is 1.75. The summed E-state index contributed by atoms with van der Waals surface area (Å²) in [4.78, 5) is 23.3. The van der Waals surface area contributed by atoms with Gasteiger partial charge in [-0.05, 0) is 49.6 Å². The Hall–Kier alpha value is -2.89. The zero-order valence-corrected chi connectivity index (χ0v) is 13.7. The molecule has 5 nitrogen and oxygen atoms in total. The number of anilines is 1. The molecule has 1 amide bonds. The first-order valence-electron chi connectivity index (χ1n) is 7.94. The average molecular weight is 343 g/mol. The summed E-state index contributed by atoms with van der Waals surface area (Å²) in [5.74, 6) is -1.26. The Morgan fingerprint density at radius 1 is 1.24 bits per heavy atom. The second kappa shape index (κ2) is 6.55. The van der Waals surface area contributed by atoms with Crippen LogP contribution in [0.5, 0.6) is 5.75 Å². The molecular formula is C19H18FNO4. The zero-order valence-electron chi connectivity index (χ0n) is 13.7. The van der Waals surface area contributed by atoms with Crippen LogP contribution in [0.2, 0.25) is 0 Å². The van der Waals surface area contributed by atoms with Gasteiger partial charge in [-0.3, -0.25) is 4.79 Å². The summed E-state index contributed by atoms with van der Waals surface area (Å²) in [5.41, 5.74) is 0.943. The van der Waals surface area contributed by atoms with Crippen LogP contribution in [0.1, 0.15) is 24.0 Å². The number of nitrogens with one attached hydrogen (secondary N) is 1. The number of carboxylic acid groups (broad SMARTS) is 1. The van der Waals surface area contributed by atoms with E-state index in [1.54, 1.807) is 43.3 Å². The van der Waals surface area contributed by atoms with Crippen molar-refractivity contribution in [2.75, 3.05) is 11.9 Å². The van der Waals surface area contributed by atoms with E-state index in [2.05, 4.69) is 5.32 Å². The fraction of sp³-hybridized carbons (Fsp3) is 0.263. The molecule has 2 aromatic carbocycles. The fourth-order valence-electron chi connectivity index (χ4n) is 2.85. The number of rotatable bonds is 6. The molecule has 6 heteroatoms. The van der Waals surface area contributed by atoms with E-state index < -0.39 is 18.0 Å². The molecule has 0 radical (unpaired) electrons. The number of carbonyl (C=O) groups is 2. The molecular weight excluding hydrogens is 325 g/mol. The second-order valence-electron chi connectivity index (χ2n) is 6.18. The molecule has 1 fully saturated rings. The third kappa shape index (κ3) is 3.47. The lowest BCUT2D eigenvalue weighted by Crippen LogP contribution is -2.29. The maximum atomic E-state index is 14.1. The Labute approximate surface area is 144 Å². The predicted molar refractivity (Wildman–Crippen MR) is 90.3 cm³/mol. The quantitative estimate of drug-likeness (QED) is 0.844. The van der Waals surface area contributed by atoms with Crippen LogP contribution in [0, 0.1) is 12.7 Å². The van der Waals surface area contributed by atoms with Crippen molar-refractivity contribution in [3.8, 4) is 5.75 Å². The molecule has 0 atom stereocenters. The van der Waals surface area contributed by atoms with Crippen molar-refractivity contribution >= 4 is 17.6 Å². The van der Waals surface area contributed by atoms with Gasteiger partial charge in [0.05, 0.1) is 5.41 Å². The number of halogens is 1. The van der Waals surface area contributed by atoms with Crippen molar-refractivity contribution in [3.05, 3.63) is 59.4 Å². The topological polar surface area (TPSA) is 75.6 Å². The Bertz CT molecular complexity index is 830. The highest BCUT2D eigenvalue weighted by molar-refractivity contribution is 6.01. The summed E-state index contributed by atoms with van der Waals surface area (Å²) in [6.45, 7) is 1.35. The van der Waals surface area contributed by atoms with Crippen molar-refractivity contribution in [1.82, 2.24) is 0 Å². The standard InChI is InChI=1S/C19H18FNO4/c1-12-10-13(25-11-17(22)23)6-7-16(12)21-18(24)19(8-9-19)14-4-2-3-5-15(14)20/h2-7,10H,8-9,11H2,1H3,(H,21,24)(H,22,23). The molecule has 25 heavy (non-hydrogen) atoms. The van der Waals surface area contributed by atoms with Gasteiger partial charge in [-0.1, -0.05) is 18.2 Å². The summed E-state index contributed by atoms with van der Waals surface area (Å²) in [5, 5.41) is 11.5. The van der Waals surface area contributed by atoms with Gasteiger partial charge >= 0.3 is 5.97 Å². The van der Waals surface area contributed by atoms with Crippen molar-refractivity contribution in [2.45, 2.75) is 25.2 Å². The lowest BCUT2D eigenvalue weighted by molar-refractivity contribution is -0.139. The van der Waals surface area contributed by atoms with Crippen molar-refractivity contribution in [1.29, 1.82) is 0 Å². The zero-order chi connectivity index (χ0) is 18.0. The lowest BCUT2D eigenvalue weighted by atomic mass is 9.94. The van der Waals surface area contributed by atoms with E-state index in [1.165, 1.54) is 6.07 Å². The number of benzene rings is 2. The Morgan fingerprint density at radius 2 is 1.96 bits per heavy atom. The van der Waals surface area contributed by atoms with Gasteiger partial charge in [-0.15, -0.1) is 0 Å². The smallest absolute Gasteiger partial charge is 0.341 e. The highest BCUT2D eigenvalue weighted by Crippen LogP contribution is 2.49. The summed E-state index contributed by atoms with van der Waals surface area (Å²) in [7, 11) is 0. The van der Waals surface area contributed by atoms with Gasteiger partial charge in [0.15, 0.2) is 6.61 Å². The van der Waals surface area contributed by atoms with Crippen LogP contribution in [0.15, 0.2) is 42.5 Å². The SMILES string of the molecule is Cc1cc(OCC(=O)O)ccc1NC(=O)C1(c2ccccc2F)CC1. The Morgan fingerprint density at radius 3 is 2.56 bits per heavy atom. The van der Waals surface area contributed by atoms with Crippen molar-refractivity contribution in [3.63, 3.8) is 0 Å². The van der Waals surface area contributed by atoms with Crippen LogP contribution in [0.3, 0.4) is 0 Å². The normalized spacial score (nSPS) is 14.6. The van der Waals surface area contributed by atoms with E-state index in [1.807, 2.05) is 0 Å². The molecule has 0 bridgehead atoms. The maximum absolute atomic E-state index is 14.1. The number of carbonyl (C=O) groups excluding carboxylic acids is 1. The van der Waals surface area contributed by atoms with Crippen molar-refractivity contribution < 1.29 is 23.8 Å². The minimum absolute atomic E-state index is 0.236. The second-order valence-corrected chi connectivity index (χ2v) is 6.18. The molecule has 0 aliphatic heterocycles. The van der Waals surface area contributed by atoms with Crippen LogP contribution in [0.25, 0.3) is 0 Å². The third-order valence-electron chi connectivity index (χ3n) is 4.38. The van der Waals surface area contributed by atoms with Crippen LogP contribution < -0.4 is 10.1 Å². The first kappa shape index (κ1) is 17.0. The highest BCUT2D eigenvalue weighted by Gasteiger charge is 2.52. The fourth-order valence-corrected chi connectivity index (χ4v) is 2.85. The average Bonchev–Trinajstić information content (AvgIpc) is 3.37. The van der Waals surface area contributed by atoms with Gasteiger partial charge < -0.3 is 15.2 Å². The van der Waals surface area contributed by atoms with Crippen LogP contribution in [-0.4, -0.2) is 23.6 Å². The Kier molecular flexibility index (Phi) is 4.44. The molecule has 0 spiro atoms. The number of amides is 1. The molecule has 3 rings (SSSR count). The van der Waals surface area contributed by atoms with E-state index in [0.717, 1.165) is 5.56 Å². The van der Waals surface area contributed by atoms with Gasteiger partial charge in [0.2, 0.25) is 5.91 Å². The summed E-state index contributed by atoms with van der Waals surface area (Å²) < 4.78 is 19.2. The first-order valence-corrected chi connectivity index (χ1v) is 7.94. The van der Waals surface area contributed by atoms with Crippen LogP contribution in [0.4, 0.5) is 10.1 Å². The molecule has 0 saturated heterocycles. The van der Waals surface area contributed by atoms with E-state index >= 15 is 0 Å². The summed E-state index contributed by atoms with van der Waals surface area (Å²) in [6, 6.07) is 11.2. The summed E-state index contributed by atoms with van der Waals surface area (Å²) >= 11 is 0. The van der Waals surface area contributed by atoms with Gasteiger partial charge in [0.1, 0.15) is 11.6 Å². The number of carboxylic acids is 1. The number of hydrogen-bond donors (Lipinski definition) is 2. The van der Waals surface area contributed by atoms with Crippen LogP contribution >= 0.6 is 0 Å².